The number of fused-ring (bicyclic) bond motifs is 1. The number of hydrogen-bond donors (Lipinski definition) is 1. The molecule has 6 nitrogen and oxygen atoms in total. The third kappa shape index (κ3) is 5.43. The van der Waals surface area contributed by atoms with Crippen molar-refractivity contribution in [3.8, 4) is 0 Å². The Hall–Kier alpha value is -2.32. The minimum absolute atomic E-state index is 0.00494. The summed E-state index contributed by atoms with van der Waals surface area (Å²) in [5.74, 6) is 0.278. The van der Waals surface area contributed by atoms with Crippen molar-refractivity contribution in [3.63, 3.8) is 0 Å². The average molecular weight is 447 g/mol. The molecule has 0 saturated heterocycles. The Morgan fingerprint density at radius 1 is 1.23 bits per heavy atom. The van der Waals surface area contributed by atoms with Gasteiger partial charge < -0.3 is 15.0 Å². The van der Waals surface area contributed by atoms with Crippen molar-refractivity contribution in [2.24, 2.45) is 0 Å². The van der Waals surface area contributed by atoms with Gasteiger partial charge in [0, 0.05) is 29.7 Å². The number of nitrogens with zero attached hydrogens (tertiary/aromatic N) is 1. The monoisotopic (exact) mass is 446 g/mol. The Kier molecular flexibility index (Phi) is 7.55. The maximum Gasteiger partial charge on any atom is 0.341 e. The van der Waals surface area contributed by atoms with Crippen molar-refractivity contribution in [2.45, 2.75) is 44.6 Å². The van der Waals surface area contributed by atoms with Gasteiger partial charge in [-0.1, -0.05) is 17.7 Å². The minimum Gasteiger partial charge on any atom is -0.465 e. The lowest BCUT2D eigenvalue weighted by Gasteiger charge is -2.25. The van der Waals surface area contributed by atoms with Gasteiger partial charge in [0.15, 0.2) is 0 Å². The van der Waals surface area contributed by atoms with Crippen LogP contribution in [0.1, 0.15) is 46.1 Å². The van der Waals surface area contributed by atoms with E-state index in [-0.39, 0.29) is 11.8 Å². The average Bonchev–Trinajstić information content (AvgIpc) is 3.08. The number of carbonyl (C=O) groups is 3. The van der Waals surface area contributed by atoms with E-state index in [0.717, 1.165) is 22.6 Å². The lowest BCUT2D eigenvalue weighted by Crippen LogP contribution is -2.33. The van der Waals surface area contributed by atoms with Crippen LogP contribution in [0, 0.1) is 6.92 Å². The van der Waals surface area contributed by atoms with E-state index in [1.165, 1.54) is 35.8 Å². The molecule has 3 rings (SSSR count). The van der Waals surface area contributed by atoms with Crippen LogP contribution < -0.4 is 5.32 Å². The van der Waals surface area contributed by atoms with Crippen molar-refractivity contribution in [2.75, 3.05) is 24.7 Å². The van der Waals surface area contributed by atoms with Crippen molar-refractivity contribution < 1.29 is 19.1 Å². The van der Waals surface area contributed by atoms with Gasteiger partial charge in [0.2, 0.25) is 11.8 Å². The van der Waals surface area contributed by atoms with E-state index in [9.17, 15) is 14.4 Å². The van der Waals surface area contributed by atoms with Gasteiger partial charge in [-0.3, -0.25) is 9.59 Å². The molecule has 0 spiro atoms. The Morgan fingerprint density at radius 2 is 1.97 bits per heavy atom. The molecule has 2 heterocycles. The van der Waals surface area contributed by atoms with Crippen LogP contribution >= 0.6 is 23.1 Å². The summed E-state index contributed by atoms with van der Waals surface area (Å²) in [4.78, 5) is 40.4. The summed E-state index contributed by atoms with van der Waals surface area (Å²) < 4.78 is 4.95. The zero-order valence-corrected chi connectivity index (χ0v) is 19.1. The molecule has 160 valence electrons. The van der Waals surface area contributed by atoms with Gasteiger partial charge in [0.1, 0.15) is 5.00 Å². The molecule has 0 aliphatic carbocycles. The van der Waals surface area contributed by atoms with E-state index in [1.807, 2.05) is 0 Å². The number of nitrogens with one attached hydrogen (secondary N) is 1. The molecule has 0 bridgehead atoms. The van der Waals surface area contributed by atoms with E-state index in [2.05, 4.69) is 36.5 Å². The number of aryl methyl sites for hydroxylation is 1. The topological polar surface area (TPSA) is 75.7 Å². The number of thiophene rings is 1. The summed E-state index contributed by atoms with van der Waals surface area (Å²) >= 11 is 3.09. The lowest BCUT2D eigenvalue weighted by molar-refractivity contribution is -0.129. The first-order valence-electron chi connectivity index (χ1n) is 9.86. The van der Waals surface area contributed by atoms with E-state index < -0.39 is 5.97 Å². The summed E-state index contributed by atoms with van der Waals surface area (Å²) in [5.41, 5.74) is 2.54. The van der Waals surface area contributed by atoms with E-state index in [4.69, 9.17) is 4.74 Å². The first-order valence-corrected chi connectivity index (χ1v) is 11.7. The van der Waals surface area contributed by atoms with Gasteiger partial charge >= 0.3 is 5.97 Å². The second-order valence-electron chi connectivity index (χ2n) is 7.20. The summed E-state index contributed by atoms with van der Waals surface area (Å²) in [6, 6.07) is 8.33. The molecule has 8 heteroatoms. The van der Waals surface area contributed by atoms with Gasteiger partial charge in [-0.25, -0.2) is 4.79 Å². The van der Waals surface area contributed by atoms with Crippen molar-refractivity contribution in [3.05, 3.63) is 45.8 Å². The Labute approximate surface area is 185 Å². The van der Waals surface area contributed by atoms with Gasteiger partial charge in [-0.15, -0.1) is 23.1 Å². The Bertz CT molecular complexity index is 937. The highest BCUT2D eigenvalue weighted by Gasteiger charge is 2.29. The van der Waals surface area contributed by atoms with Crippen LogP contribution in [0.2, 0.25) is 0 Å². The van der Waals surface area contributed by atoms with Crippen LogP contribution in [0.4, 0.5) is 5.00 Å². The fourth-order valence-electron chi connectivity index (χ4n) is 3.32. The van der Waals surface area contributed by atoms with Crippen LogP contribution in [0.15, 0.2) is 29.2 Å². The number of ether oxygens (including phenoxy) is 1. The predicted octanol–water partition coefficient (Wildman–Crippen LogP) is 4.26. The van der Waals surface area contributed by atoms with Crippen LogP contribution in [0.25, 0.3) is 0 Å². The molecule has 1 aliphatic heterocycles. The van der Waals surface area contributed by atoms with E-state index in [1.54, 1.807) is 16.7 Å². The number of carbonyl (C=O) groups excluding carboxylic acids is 3. The highest BCUT2D eigenvalue weighted by atomic mass is 32.2. The van der Waals surface area contributed by atoms with Crippen molar-refractivity contribution in [1.29, 1.82) is 0 Å². The molecule has 0 unspecified atom stereocenters. The second-order valence-corrected chi connectivity index (χ2v) is 9.48. The molecular weight excluding hydrogens is 420 g/mol. The van der Waals surface area contributed by atoms with Gasteiger partial charge in [-0.05, 0) is 43.2 Å². The maximum atomic E-state index is 12.5. The van der Waals surface area contributed by atoms with Crippen LogP contribution in [-0.2, 0) is 27.3 Å². The molecule has 2 amide bonds. The molecule has 1 aromatic carbocycles. The third-order valence-corrected chi connectivity index (χ3v) is 7.21. The smallest absolute Gasteiger partial charge is 0.341 e. The number of esters is 1. The molecule has 30 heavy (non-hydrogen) atoms. The van der Waals surface area contributed by atoms with Crippen LogP contribution in [-0.4, -0.2) is 42.1 Å². The molecule has 0 fully saturated rings. The molecular formula is C22H26N2O4S2. The maximum absolute atomic E-state index is 12.5. The SMILES string of the molecule is COC(=O)c1c(NC(=O)CCCSc2ccc(C)cc2)sc2c1CCN(C(C)=O)C2. The zero-order valence-electron chi connectivity index (χ0n) is 17.4. The van der Waals surface area contributed by atoms with Crippen molar-refractivity contribution >= 4 is 45.9 Å². The molecule has 1 aromatic heterocycles. The van der Waals surface area contributed by atoms with E-state index >= 15 is 0 Å². The standard InChI is InChI=1S/C22H26N2O4S2/c1-14-6-8-16(9-7-14)29-12-4-5-19(26)23-21-20(22(27)28-3)17-10-11-24(15(2)25)13-18(17)30-21/h6-9H,4-5,10-13H2,1-3H3,(H,23,26). The van der Waals surface area contributed by atoms with Crippen LogP contribution in [0.3, 0.4) is 0 Å². The fraction of sp³-hybridized carbons (Fsp3) is 0.409. The normalized spacial score (nSPS) is 13.0. The molecule has 2 aromatic rings. The van der Waals surface area contributed by atoms with Crippen LogP contribution in [0.5, 0.6) is 0 Å². The summed E-state index contributed by atoms with van der Waals surface area (Å²) in [5, 5.41) is 3.42. The first-order chi connectivity index (χ1) is 14.4. The molecule has 1 N–H and O–H groups in total. The number of anilines is 1. The largest absolute Gasteiger partial charge is 0.465 e. The van der Waals surface area contributed by atoms with Gasteiger partial charge in [0.05, 0.1) is 19.2 Å². The first kappa shape index (κ1) is 22.4. The number of thioether (sulfide) groups is 1. The lowest BCUT2D eigenvalue weighted by atomic mass is 10.0. The summed E-state index contributed by atoms with van der Waals surface area (Å²) in [7, 11) is 1.34. The second kappa shape index (κ2) is 10.1. The molecule has 0 saturated carbocycles. The molecule has 0 radical (unpaired) electrons. The Balaban J connectivity index is 1.60. The number of rotatable bonds is 7. The highest BCUT2D eigenvalue weighted by molar-refractivity contribution is 7.99. The number of benzene rings is 1. The van der Waals surface area contributed by atoms with Crippen molar-refractivity contribution in [1.82, 2.24) is 4.90 Å². The summed E-state index contributed by atoms with van der Waals surface area (Å²) in [6.45, 7) is 4.62. The van der Waals surface area contributed by atoms with E-state index in [0.29, 0.717) is 36.5 Å². The molecule has 0 atom stereocenters. The van der Waals surface area contributed by atoms with Gasteiger partial charge in [-0.2, -0.15) is 0 Å². The number of amides is 2. The number of methoxy groups -OCH3 is 1. The zero-order chi connectivity index (χ0) is 21.7. The highest BCUT2D eigenvalue weighted by Crippen LogP contribution is 2.37. The predicted molar refractivity (Wildman–Crippen MR) is 120 cm³/mol. The van der Waals surface area contributed by atoms with Gasteiger partial charge in [0.25, 0.3) is 0 Å². The number of hydrogen-bond acceptors (Lipinski definition) is 6. The third-order valence-electron chi connectivity index (χ3n) is 4.98. The Morgan fingerprint density at radius 3 is 2.63 bits per heavy atom. The summed E-state index contributed by atoms with van der Waals surface area (Å²) in [6.07, 6.45) is 1.70. The quantitative estimate of drug-likeness (QED) is 0.391. The molecule has 1 aliphatic rings. The fourth-order valence-corrected chi connectivity index (χ4v) is 5.45. The minimum atomic E-state index is -0.450.